The number of nitrogens with two attached hydrogens (primary N) is 1. The molecule has 0 aromatic carbocycles. The molecule has 0 atom stereocenters. The number of nitrogens with one attached hydrogen (secondary N) is 1. The van der Waals surface area contributed by atoms with Crippen LogP contribution in [-0.2, 0) is 6.42 Å². The first-order chi connectivity index (χ1) is 7.79. The zero-order valence-corrected chi connectivity index (χ0v) is 9.41. The van der Waals surface area contributed by atoms with Crippen LogP contribution in [0.1, 0.15) is 25.1 Å². The van der Waals surface area contributed by atoms with E-state index >= 15 is 0 Å². The lowest BCUT2D eigenvalue weighted by molar-refractivity contribution is 0.571. The Kier molecular flexibility index (Phi) is 3.56. The predicted octanol–water partition coefficient (Wildman–Crippen LogP) is 0.261. The largest absolute Gasteiger partial charge is 0.356 e. The summed E-state index contributed by atoms with van der Waals surface area (Å²) >= 11 is 0. The molecule has 5 nitrogen and oxygen atoms in total. The van der Waals surface area contributed by atoms with Crippen LogP contribution in [0.3, 0.4) is 0 Å². The highest BCUT2D eigenvalue weighted by Gasteiger charge is 2.13. The Labute approximate surface area is 94.7 Å². The molecule has 0 unspecified atom stereocenters. The molecule has 88 valence electrons. The maximum Gasteiger partial charge on any atom is 0.252 e. The molecule has 0 bridgehead atoms. The van der Waals surface area contributed by atoms with Gasteiger partial charge in [0.1, 0.15) is 11.6 Å². The average molecular weight is 222 g/mol. The van der Waals surface area contributed by atoms with E-state index in [0.717, 1.165) is 18.9 Å². The molecule has 1 saturated heterocycles. The molecule has 0 saturated carbocycles. The van der Waals surface area contributed by atoms with Gasteiger partial charge in [0.2, 0.25) is 0 Å². The first-order valence-electron chi connectivity index (χ1n) is 5.85. The zero-order chi connectivity index (χ0) is 11.4. The molecular weight excluding hydrogens is 204 g/mol. The summed E-state index contributed by atoms with van der Waals surface area (Å²) in [5.41, 5.74) is 5.38. The minimum absolute atomic E-state index is 0.0842. The fourth-order valence-electron chi connectivity index (χ4n) is 2.03. The summed E-state index contributed by atoms with van der Waals surface area (Å²) in [6.45, 7) is 2.50. The van der Waals surface area contributed by atoms with Crippen molar-refractivity contribution in [2.45, 2.75) is 25.7 Å². The van der Waals surface area contributed by atoms with Crippen LogP contribution >= 0.6 is 0 Å². The van der Waals surface area contributed by atoms with Gasteiger partial charge in [-0.2, -0.15) is 0 Å². The van der Waals surface area contributed by atoms with E-state index in [9.17, 15) is 4.79 Å². The highest BCUT2D eigenvalue weighted by molar-refractivity contribution is 5.37. The molecule has 2 rings (SSSR count). The number of anilines is 1. The van der Waals surface area contributed by atoms with Gasteiger partial charge in [0.25, 0.3) is 5.56 Å². The van der Waals surface area contributed by atoms with Crippen molar-refractivity contribution in [2.75, 3.05) is 24.5 Å². The molecule has 0 aliphatic carbocycles. The lowest BCUT2D eigenvalue weighted by atomic mass is 10.1. The van der Waals surface area contributed by atoms with Gasteiger partial charge in [-0.25, -0.2) is 4.98 Å². The van der Waals surface area contributed by atoms with Gasteiger partial charge < -0.3 is 15.6 Å². The number of aromatic nitrogens is 2. The molecule has 1 aliphatic rings. The van der Waals surface area contributed by atoms with E-state index < -0.39 is 0 Å². The molecule has 5 heteroatoms. The quantitative estimate of drug-likeness (QED) is 0.769. The van der Waals surface area contributed by atoms with Crippen molar-refractivity contribution in [2.24, 2.45) is 5.73 Å². The Hall–Kier alpha value is -1.36. The number of piperidine rings is 1. The Bertz CT molecular complexity index is 395. The summed E-state index contributed by atoms with van der Waals surface area (Å²) in [4.78, 5) is 20.8. The molecule has 1 aliphatic heterocycles. The van der Waals surface area contributed by atoms with Crippen molar-refractivity contribution in [3.05, 3.63) is 22.2 Å². The SMILES string of the molecule is NCCc1nc(N2CCCCC2)cc(=O)[nH]1. The van der Waals surface area contributed by atoms with Crippen LogP contribution < -0.4 is 16.2 Å². The van der Waals surface area contributed by atoms with Crippen LogP contribution in [0.5, 0.6) is 0 Å². The third-order valence-electron chi connectivity index (χ3n) is 2.84. The molecule has 3 N–H and O–H groups in total. The summed E-state index contributed by atoms with van der Waals surface area (Å²) in [5, 5.41) is 0. The number of rotatable bonds is 3. The lowest BCUT2D eigenvalue weighted by Gasteiger charge is -2.27. The minimum Gasteiger partial charge on any atom is -0.356 e. The molecule has 1 aromatic rings. The molecule has 0 radical (unpaired) electrons. The lowest BCUT2D eigenvalue weighted by Crippen LogP contribution is -2.31. The van der Waals surface area contributed by atoms with Gasteiger partial charge in [-0.15, -0.1) is 0 Å². The van der Waals surface area contributed by atoms with Gasteiger partial charge in [-0.1, -0.05) is 0 Å². The second-order valence-corrected chi connectivity index (χ2v) is 4.14. The zero-order valence-electron chi connectivity index (χ0n) is 9.41. The Morgan fingerprint density at radius 1 is 1.38 bits per heavy atom. The van der Waals surface area contributed by atoms with Gasteiger partial charge >= 0.3 is 0 Å². The van der Waals surface area contributed by atoms with Crippen LogP contribution in [0.2, 0.25) is 0 Å². The molecule has 2 heterocycles. The highest BCUT2D eigenvalue weighted by atomic mass is 16.1. The summed E-state index contributed by atoms with van der Waals surface area (Å²) in [6, 6.07) is 1.57. The van der Waals surface area contributed by atoms with Crippen molar-refractivity contribution in [3.8, 4) is 0 Å². The van der Waals surface area contributed by atoms with Crippen LogP contribution in [0.25, 0.3) is 0 Å². The van der Waals surface area contributed by atoms with Gasteiger partial charge in [0.15, 0.2) is 0 Å². The fraction of sp³-hybridized carbons (Fsp3) is 0.636. The smallest absolute Gasteiger partial charge is 0.252 e. The normalized spacial score (nSPS) is 16.4. The number of H-pyrrole nitrogens is 1. The topological polar surface area (TPSA) is 75.0 Å². The second kappa shape index (κ2) is 5.12. The summed E-state index contributed by atoms with van der Waals surface area (Å²) < 4.78 is 0. The predicted molar refractivity (Wildman–Crippen MR) is 63.7 cm³/mol. The number of aromatic amines is 1. The monoisotopic (exact) mass is 222 g/mol. The molecule has 1 fully saturated rings. The Morgan fingerprint density at radius 3 is 2.81 bits per heavy atom. The third kappa shape index (κ3) is 2.61. The number of hydrogen-bond donors (Lipinski definition) is 2. The molecule has 0 amide bonds. The van der Waals surface area contributed by atoms with Gasteiger partial charge in [0.05, 0.1) is 0 Å². The Morgan fingerprint density at radius 2 is 2.12 bits per heavy atom. The second-order valence-electron chi connectivity index (χ2n) is 4.14. The minimum atomic E-state index is -0.0842. The highest BCUT2D eigenvalue weighted by Crippen LogP contribution is 2.15. The molecule has 16 heavy (non-hydrogen) atoms. The van der Waals surface area contributed by atoms with E-state index in [4.69, 9.17) is 5.73 Å². The summed E-state index contributed by atoms with van der Waals surface area (Å²) in [6.07, 6.45) is 4.26. The van der Waals surface area contributed by atoms with Crippen molar-refractivity contribution in [1.29, 1.82) is 0 Å². The van der Waals surface area contributed by atoms with E-state index in [1.54, 1.807) is 6.07 Å². The summed E-state index contributed by atoms with van der Waals surface area (Å²) in [7, 11) is 0. The van der Waals surface area contributed by atoms with Gasteiger partial charge in [0, 0.05) is 25.6 Å². The van der Waals surface area contributed by atoms with Crippen LogP contribution in [-0.4, -0.2) is 29.6 Å². The van der Waals surface area contributed by atoms with Crippen molar-refractivity contribution >= 4 is 5.82 Å². The standard InChI is InChI=1S/C11H18N4O/c12-5-4-9-13-10(8-11(16)14-9)15-6-2-1-3-7-15/h8H,1-7,12H2,(H,13,14,16). The first kappa shape index (κ1) is 11.1. The third-order valence-corrected chi connectivity index (χ3v) is 2.84. The van der Waals surface area contributed by atoms with Crippen molar-refractivity contribution < 1.29 is 0 Å². The number of hydrogen-bond acceptors (Lipinski definition) is 4. The molecule has 1 aromatic heterocycles. The van der Waals surface area contributed by atoms with Crippen molar-refractivity contribution in [1.82, 2.24) is 9.97 Å². The van der Waals surface area contributed by atoms with Crippen LogP contribution in [0, 0.1) is 0 Å². The Balaban J connectivity index is 2.21. The van der Waals surface area contributed by atoms with Gasteiger partial charge in [-0.05, 0) is 25.8 Å². The fourth-order valence-corrected chi connectivity index (χ4v) is 2.03. The first-order valence-corrected chi connectivity index (χ1v) is 5.85. The van der Waals surface area contributed by atoms with Crippen LogP contribution in [0.4, 0.5) is 5.82 Å². The summed E-state index contributed by atoms with van der Waals surface area (Å²) in [5.74, 6) is 1.49. The van der Waals surface area contributed by atoms with E-state index in [0.29, 0.717) is 18.8 Å². The molecular formula is C11H18N4O. The van der Waals surface area contributed by atoms with E-state index in [1.807, 2.05) is 0 Å². The maximum atomic E-state index is 11.5. The van der Waals surface area contributed by atoms with Crippen LogP contribution in [0.15, 0.2) is 10.9 Å². The van der Waals surface area contributed by atoms with E-state index in [1.165, 1.54) is 19.3 Å². The van der Waals surface area contributed by atoms with Gasteiger partial charge in [-0.3, -0.25) is 4.79 Å². The average Bonchev–Trinajstić information content (AvgIpc) is 2.30. The maximum absolute atomic E-state index is 11.5. The van der Waals surface area contributed by atoms with Crippen molar-refractivity contribution in [3.63, 3.8) is 0 Å². The number of nitrogens with zero attached hydrogens (tertiary/aromatic N) is 2. The van der Waals surface area contributed by atoms with E-state index in [2.05, 4.69) is 14.9 Å². The van der Waals surface area contributed by atoms with E-state index in [-0.39, 0.29) is 5.56 Å². The molecule has 0 spiro atoms.